The minimum absolute atomic E-state index is 0.184. The highest BCUT2D eigenvalue weighted by molar-refractivity contribution is 7.92. The second-order valence-corrected chi connectivity index (χ2v) is 8.80. The Balaban J connectivity index is 1.72. The minimum atomic E-state index is -3.45. The molecule has 0 saturated heterocycles. The van der Waals surface area contributed by atoms with E-state index in [1.165, 1.54) is 10.6 Å². The van der Waals surface area contributed by atoms with Gasteiger partial charge < -0.3 is 10.1 Å². The lowest BCUT2D eigenvalue weighted by molar-refractivity contribution is 0.102. The quantitative estimate of drug-likeness (QED) is 0.592. The zero-order valence-electron chi connectivity index (χ0n) is 16.9. The fraction of sp³-hybridized carbons (Fsp3) is 0.174. The Morgan fingerprint density at radius 1 is 0.933 bits per heavy atom. The third kappa shape index (κ3) is 5.68. The Morgan fingerprint density at radius 3 is 2.27 bits per heavy atom. The van der Waals surface area contributed by atoms with E-state index in [1.54, 1.807) is 55.6 Å². The molecule has 156 valence electrons. The summed E-state index contributed by atoms with van der Waals surface area (Å²) in [4.78, 5) is 12.5. The SMILES string of the molecule is COCc1cccc(NC(=O)c2ccc(CN(c3ccccc3)S(C)(=O)=O)cc2)c1. The largest absolute Gasteiger partial charge is 0.380 e. The molecule has 0 radical (unpaired) electrons. The van der Waals surface area contributed by atoms with Crippen molar-refractivity contribution in [1.82, 2.24) is 0 Å². The maximum Gasteiger partial charge on any atom is 0.255 e. The fourth-order valence-corrected chi connectivity index (χ4v) is 3.92. The van der Waals surface area contributed by atoms with Crippen molar-refractivity contribution in [2.75, 3.05) is 23.0 Å². The van der Waals surface area contributed by atoms with Gasteiger partial charge in [0.05, 0.1) is 25.1 Å². The summed E-state index contributed by atoms with van der Waals surface area (Å²) in [7, 11) is -1.83. The first kappa shape index (κ1) is 21.5. The molecule has 3 rings (SSSR count). The molecule has 7 heteroatoms. The molecule has 0 atom stereocenters. The summed E-state index contributed by atoms with van der Waals surface area (Å²) in [6.45, 7) is 0.653. The molecule has 0 saturated carbocycles. The average molecular weight is 425 g/mol. The number of hydrogen-bond acceptors (Lipinski definition) is 4. The molecule has 0 aromatic heterocycles. The summed E-state index contributed by atoms with van der Waals surface area (Å²) in [6.07, 6.45) is 1.18. The lowest BCUT2D eigenvalue weighted by Gasteiger charge is -2.22. The maximum absolute atomic E-state index is 12.5. The van der Waals surface area contributed by atoms with Crippen molar-refractivity contribution < 1.29 is 17.9 Å². The molecule has 30 heavy (non-hydrogen) atoms. The number of carbonyl (C=O) groups excluding carboxylic acids is 1. The highest BCUT2D eigenvalue weighted by atomic mass is 32.2. The van der Waals surface area contributed by atoms with Crippen LogP contribution in [0.25, 0.3) is 0 Å². The molecule has 0 spiro atoms. The topological polar surface area (TPSA) is 75.7 Å². The number of ether oxygens (including phenoxy) is 1. The number of amides is 1. The van der Waals surface area contributed by atoms with E-state index in [-0.39, 0.29) is 12.5 Å². The van der Waals surface area contributed by atoms with Gasteiger partial charge in [-0.25, -0.2) is 8.42 Å². The molecular formula is C23H24N2O4S. The number of sulfonamides is 1. The molecule has 0 fully saturated rings. The van der Waals surface area contributed by atoms with Gasteiger partial charge in [0.15, 0.2) is 0 Å². The van der Waals surface area contributed by atoms with Crippen molar-refractivity contribution in [3.63, 3.8) is 0 Å². The molecule has 3 aromatic rings. The molecule has 0 aliphatic rings. The number of hydrogen-bond donors (Lipinski definition) is 1. The molecule has 0 aliphatic heterocycles. The number of para-hydroxylation sites is 1. The number of benzene rings is 3. The van der Waals surface area contributed by atoms with Crippen LogP contribution in [0.1, 0.15) is 21.5 Å². The van der Waals surface area contributed by atoms with Crippen molar-refractivity contribution >= 4 is 27.3 Å². The maximum atomic E-state index is 12.5. The summed E-state index contributed by atoms with van der Waals surface area (Å²) in [5.74, 6) is -0.237. The first-order chi connectivity index (χ1) is 14.4. The Kier molecular flexibility index (Phi) is 6.87. The fourth-order valence-electron chi connectivity index (χ4n) is 3.03. The number of anilines is 2. The molecule has 6 nitrogen and oxygen atoms in total. The van der Waals surface area contributed by atoms with Gasteiger partial charge in [-0.05, 0) is 47.5 Å². The van der Waals surface area contributed by atoms with Gasteiger partial charge in [0.25, 0.3) is 5.91 Å². The van der Waals surface area contributed by atoms with Gasteiger partial charge >= 0.3 is 0 Å². The van der Waals surface area contributed by atoms with E-state index in [0.717, 1.165) is 11.1 Å². The van der Waals surface area contributed by atoms with E-state index in [2.05, 4.69) is 5.32 Å². The summed E-state index contributed by atoms with van der Waals surface area (Å²) >= 11 is 0. The summed E-state index contributed by atoms with van der Waals surface area (Å²) in [5, 5.41) is 2.87. The third-order valence-corrected chi connectivity index (χ3v) is 5.62. The lowest BCUT2D eigenvalue weighted by atomic mass is 10.1. The molecule has 1 amide bonds. The van der Waals surface area contributed by atoms with Gasteiger partial charge in [0.1, 0.15) is 0 Å². The van der Waals surface area contributed by atoms with Gasteiger partial charge in [-0.1, -0.05) is 42.5 Å². The second kappa shape index (κ2) is 9.56. The monoisotopic (exact) mass is 424 g/mol. The minimum Gasteiger partial charge on any atom is -0.380 e. The smallest absolute Gasteiger partial charge is 0.255 e. The van der Waals surface area contributed by atoms with Gasteiger partial charge in [-0.15, -0.1) is 0 Å². The van der Waals surface area contributed by atoms with Crippen LogP contribution in [0.15, 0.2) is 78.9 Å². The number of carbonyl (C=O) groups is 1. The van der Waals surface area contributed by atoms with Crippen LogP contribution in [-0.4, -0.2) is 27.7 Å². The van der Waals surface area contributed by atoms with Gasteiger partial charge in [0, 0.05) is 18.4 Å². The summed E-state index contributed by atoms with van der Waals surface area (Å²) < 4.78 is 30.9. The summed E-state index contributed by atoms with van der Waals surface area (Å²) in [6, 6.07) is 23.3. The van der Waals surface area contributed by atoms with Crippen LogP contribution in [-0.2, 0) is 27.9 Å². The highest BCUT2D eigenvalue weighted by Gasteiger charge is 2.17. The van der Waals surface area contributed by atoms with Crippen LogP contribution in [0.3, 0.4) is 0 Å². The van der Waals surface area contributed by atoms with Crippen molar-refractivity contribution in [2.45, 2.75) is 13.2 Å². The number of nitrogens with one attached hydrogen (secondary N) is 1. The molecule has 0 aliphatic carbocycles. The zero-order chi connectivity index (χ0) is 21.6. The van der Waals surface area contributed by atoms with Crippen LogP contribution in [0.4, 0.5) is 11.4 Å². The first-order valence-electron chi connectivity index (χ1n) is 9.38. The van der Waals surface area contributed by atoms with E-state index in [1.807, 2.05) is 30.3 Å². The average Bonchev–Trinajstić information content (AvgIpc) is 2.73. The first-order valence-corrected chi connectivity index (χ1v) is 11.2. The van der Waals surface area contributed by atoms with Crippen LogP contribution >= 0.6 is 0 Å². The third-order valence-electron chi connectivity index (χ3n) is 4.48. The molecular weight excluding hydrogens is 400 g/mol. The lowest BCUT2D eigenvalue weighted by Crippen LogP contribution is -2.29. The number of methoxy groups -OCH3 is 1. The van der Waals surface area contributed by atoms with E-state index >= 15 is 0 Å². The van der Waals surface area contributed by atoms with E-state index in [0.29, 0.717) is 23.5 Å². The zero-order valence-corrected chi connectivity index (χ0v) is 17.7. The Bertz CT molecular complexity index is 1100. The Labute approximate surface area is 177 Å². The van der Waals surface area contributed by atoms with Gasteiger partial charge in [-0.3, -0.25) is 9.10 Å². The van der Waals surface area contributed by atoms with Gasteiger partial charge in [-0.2, -0.15) is 0 Å². The highest BCUT2D eigenvalue weighted by Crippen LogP contribution is 2.20. The van der Waals surface area contributed by atoms with Crippen LogP contribution in [0, 0.1) is 0 Å². The number of rotatable bonds is 8. The second-order valence-electron chi connectivity index (χ2n) is 6.89. The molecule has 0 heterocycles. The molecule has 1 N–H and O–H groups in total. The van der Waals surface area contributed by atoms with Crippen LogP contribution < -0.4 is 9.62 Å². The van der Waals surface area contributed by atoms with E-state index in [9.17, 15) is 13.2 Å². The van der Waals surface area contributed by atoms with Crippen LogP contribution in [0.5, 0.6) is 0 Å². The van der Waals surface area contributed by atoms with Crippen molar-refractivity contribution in [3.8, 4) is 0 Å². The van der Waals surface area contributed by atoms with E-state index < -0.39 is 10.0 Å². The van der Waals surface area contributed by atoms with Crippen molar-refractivity contribution in [1.29, 1.82) is 0 Å². The Hall–Kier alpha value is -3.16. The van der Waals surface area contributed by atoms with Crippen molar-refractivity contribution in [3.05, 3.63) is 95.6 Å². The van der Waals surface area contributed by atoms with Crippen molar-refractivity contribution in [2.24, 2.45) is 0 Å². The van der Waals surface area contributed by atoms with Gasteiger partial charge in [0.2, 0.25) is 10.0 Å². The standard InChI is InChI=1S/C23H24N2O4S/c1-29-17-19-7-6-8-21(15-19)24-23(26)20-13-11-18(12-14-20)16-25(30(2,27)28)22-9-4-3-5-10-22/h3-15H,16-17H2,1-2H3,(H,24,26). The molecule has 0 bridgehead atoms. The number of nitrogens with zero attached hydrogens (tertiary/aromatic N) is 1. The predicted octanol–water partition coefficient (Wildman–Crippen LogP) is 4.05. The predicted molar refractivity (Wildman–Crippen MR) is 119 cm³/mol. The van der Waals surface area contributed by atoms with Crippen LogP contribution in [0.2, 0.25) is 0 Å². The molecule has 0 unspecified atom stereocenters. The molecule has 3 aromatic carbocycles. The normalized spacial score (nSPS) is 11.1. The Morgan fingerprint density at radius 2 is 1.63 bits per heavy atom. The van der Waals surface area contributed by atoms with E-state index in [4.69, 9.17) is 4.74 Å². The summed E-state index contributed by atoms with van der Waals surface area (Å²) in [5.41, 5.74) is 3.51.